The largest absolute Gasteiger partial charge is 0.463 e. The van der Waals surface area contributed by atoms with Crippen LogP contribution in [0.5, 0.6) is 0 Å². The topological polar surface area (TPSA) is 102 Å². The Morgan fingerprint density at radius 2 is 2.00 bits per heavy atom. The fourth-order valence-electron chi connectivity index (χ4n) is 4.16. The lowest BCUT2D eigenvalue weighted by molar-refractivity contribution is -0.384. The second-order valence-corrected chi connectivity index (χ2v) is 7.32. The number of benzene rings is 1. The summed E-state index contributed by atoms with van der Waals surface area (Å²) in [6.07, 6.45) is 1.98. The van der Waals surface area contributed by atoms with E-state index in [1.54, 1.807) is 26.0 Å². The minimum absolute atomic E-state index is 0.0871. The van der Waals surface area contributed by atoms with Crippen molar-refractivity contribution < 1.29 is 19.2 Å². The van der Waals surface area contributed by atoms with Crippen molar-refractivity contribution in [2.75, 3.05) is 19.7 Å². The van der Waals surface area contributed by atoms with E-state index in [0.717, 1.165) is 25.9 Å². The highest BCUT2D eigenvalue weighted by Gasteiger charge is 2.42. The van der Waals surface area contributed by atoms with Crippen LogP contribution in [0.4, 0.5) is 5.69 Å². The summed E-state index contributed by atoms with van der Waals surface area (Å²) in [5.74, 6) is -1.52. The number of nitro groups is 1. The molecule has 3 rings (SSSR count). The molecule has 1 aromatic rings. The van der Waals surface area contributed by atoms with Gasteiger partial charge < -0.3 is 9.64 Å². The fraction of sp³-hybridized carbons (Fsp3) is 0.476. The Kier molecular flexibility index (Phi) is 6.10. The summed E-state index contributed by atoms with van der Waals surface area (Å²) in [5.41, 5.74) is 1.35. The van der Waals surface area contributed by atoms with Gasteiger partial charge in [0.15, 0.2) is 0 Å². The van der Waals surface area contributed by atoms with Crippen molar-refractivity contribution >= 4 is 23.2 Å². The Morgan fingerprint density at radius 1 is 1.31 bits per heavy atom. The first-order valence-corrected chi connectivity index (χ1v) is 9.81. The van der Waals surface area contributed by atoms with E-state index in [9.17, 15) is 19.7 Å². The number of Topliss-reactive ketones (excluding diaryl/α,β-unsaturated/α-hetero) is 1. The maximum absolute atomic E-state index is 13.0. The average Bonchev–Trinajstić information content (AvgIpc) is 3.21. The molecule has 0 amide bonds. The van der Waals surface area contributed by atoms with Gasteiger partial charge >= 0.3 is 5.97 Å². The van der Waals surface area contributed by atoms with Gasteiger partial charge in [-0.3, -0.25) is 14.9 Å². The highest BCUT2D eigenvalue weighted by molar-refractivity contribution is 6.08. The molecular weight excluding hydrogens is 374 g/mol. The van der Waals surface area contributed by atoms with Crippen molar-refractivity contribution in [3.8, 4) is 0 Å². The molecule has 8 nitrogen and oxygen atoms in total. The number of likely N-dealkylation sites (tertiary alicyclic amines) is 1. The van der Waals surface area contributed by atoms with E-state index in [0.29, 0.717) is 22.7 Å². The van der Waals surface area contributed by atoms with E-state index in [-0.39, 0.29) is 18.1 Å². The minimum Gasteiger partial charge on any atom is -0.463 e. The van der Waals surface area contributed by atoms with Crippen LogP contribution in [0.3, 0.4) is 0 Å². The smallest absolute Gasteiger partial charge is 0.338 e. The lowest BCUT2D eigenvalue weighted by Crippen LogP contribution is -2.37. The molecule has 1 saturated heterocycles. The molecule has 154 valence electrons. The Labute approximate surface area is 169 Å². The highest BCUT2D eigenvalue weighted by Crippen LogP contribution is 2.42. The summed E-state index contributed by atoms with van der Waals surface area (Å²) in [4.78, 5) is 43.1. The van der Waals surface area contributed by atoms with E-state index in [1.165, 1.54) is 19.1 Å². The molecule has 0 N–H and O–H groups in total. The van der Waals surface area contributed by atoms with E-state index in [2.05, 4.69) is 4.99 Å². The maximum atomic E-state index is 13.0. The van der Waals surface area contributed by atoms with Gasteiger partial charge in [-0.1, -0.05) is 12.1 Å². The van der Waals surface area contributed by atoms with Crippen LogP contribution in [0.1, 0.15) is 45.1 Å². The molecule has 1 aromatic carbocycles. The van der Waals surface area contributed by atoms with Gasteiger partial charge in [0.1, 0.15) is 11.6 Å². The molecule has 0 radical (unpaired) electrons. The number of rotatable bonds is 6. The number of carbonyl (C=O) groups is 2. The third-order valence-corrected chi connectivity index (χ3v) is 5.40. The van der Waals surface area contributed by atoms with Crippen LogP contribution in [-0.4, -0.2) is 47.0 Å². The molecule has 2 unspecified atom stereocenters. The molecule has 1 fully saturated rings. The molecule has 8 heteroatoms. The summed E-state index contributed by atoms with van der Waals surface area (Å²) in [7, 11) is 0. The first-order valence-electron chi connectivity index (χ1n) is 9.81. The van der Waals surface area contributed by atoms with Crippen molar-refractivity contribution in [2.45, 2.75) is 39.5 Å². The molecule has 2 aliphatic rings. The van der Waals surface area contributed by atoms with Crippen LogP contribution >= 0.6 is 0 Å². The summed E-state index contributed by atoms with van der Waals surface area (Å²) < 4.78 is 5.33. The monoisotopic (exact) mass is 399 g/mol. The van der Waals surface area contributed by atoms with Gasteiger partial charge in [0.2, 0.25) is 0 Å². The molecule has 0 bridgehead atoms. The number of nitrogens with zero attached hydrogens (tertiary/aromatic N) is 3. The first kappa shape index (κ1) is 20.7. The zero-order valence-electron chi connectivity index (χ0n) is 16.9. The standard InChI is InChI=1S/C21H25N3O5/c1-4-29-21(26)19-18(15-8-7-9-16(12-15)24(27)28)17(14(3)25)13(2)22-20(19)23-10-5-6-11-23/h7-9,12,17-18H,4-6,10-11H2,1-3H3. The average molecular weight is 399 g/mol. The molecule has 2 aliphatic heterocycles. The van der Waals surface area contributed by atoms with Crippen LogP contribution in [-0.2, 0) is 14.3 Å². The summed E-state index contributed by atoms with van der Waals surface area (Å²) in [5, 5.41) is 11.3. The number of non-ortho nitro benzene ring substituents is 1. The number of hydrogen-bond acceptors (Lipinski definition) is 7. The number of aliphatic imine (C=N–C) groups is 1. The Balaban J connectivity index is 2.24. The van der Waals surface area contributed by atoms with Gasteiger partial charge in [-0.25, -0.2) is 9.79 Å². The first-order chi connectivity index (χ1) is 13.8. The van der Waals surface area contributed by atoms with Crippen molar-refractivity contribution in [3.05, 3.63) is 51.3 Å². The van der Waals surface area contributed by atoms with Crippen molar-refractivity contribution in [1.82, 2.24) is 4.90 Å². The van der Waals surface area contributed by atoms with Crippen LogP contribution < -0.4 is 0 Å². The van der Waals surface area contributed by atoms with Crippen LogP contribution in [0.2, 0.25) is 0 Å². The highest BCUT2D eigenvalue weighted by atomic mass is 16.6. The molecule has 0 aliphatic carbocycles. The SMILES string of the molecule is CCOC(=O)C1=C(N2CCCC2)N=C(C)C(C(C)=O)C1c1cccc([N+](=O)[O-])c1. The fourth-order valence-corrected chi connectivity index (χ4v) is 4.16. The van der Waals surface area contributed by atoms with Gasteiger partial charge in [0.05, 0.1) is 23.0 Å². The number of esters is 1. The Hall–Kier alpha value is -3.03. The van der Waals surface area contributed by atoms with E-state index in [4.69, 9.17) is 4.74 Å². The van der Waals surface area contributed by atoms with Crippen LogP contribution in [0, 0.1) is 16.0 Å². The summed E-state index contributed by atoms with van der Waals surface area (Å²) in [6.45, 7) is 6.66. The van der Waals surface area contributed by atoms with Crippen LogP contribution in [0.25, 0.3) is 0 Å². The number of ketones is 1. The number of nitro benzene ring substituents is 1. The third-order valence-electron chi connectivity index (χ3n) is 5.40. The number of carbonyl (C=O) groups excluding carboxylic acids is 2. The molecule has 2 heterocycles. The molecule has 0 saturated carbocycles. The molecule has 2 atom stereocenters. The Bertz CT molecular complexity index is 899. The summed E-state index contributed by atoms with van der Waals surface area (Å²) >= 11 is 0. The predicted molar refractivity (Wildman–Crippen MR) is 108 cm³/mol. The zero-order valence-corrected chi connectivity index (χ0v) is 16.9. The van der Waals surface area contributed by atoms with Gasteiger partial charge in [-0.05, 0) is 39.2 Å². The summed E-state index contributed by atoms with van der Waals surface area (Å²) in [6, 6.07) is 6.11. The van der Waals surface area contributed by atoms with Gasteiger partial charge in [-0.15, -0.1) is 0 Å². The van der Waals surface area contributed by atoms with Gasteiger partial charge in [0, 0.05) is 36.9 Å². The van der Waals surface area contributed by atoms with Gasteiger partial charge in [0.25, 0.3) is 5.69 Å². The third kappa shape index (κ3) is 4.06. The van der Waals surface area contributed by atoms with E-state index < -0.39 is 22.7 Å². The van der Waals surface area contributed by atoms with Crippen LogP contribution in [0.15, 0.2) is 40.7 Å². The van der Waals surface area contributed by atoms with Crippen molar-refractivity contribution in [3.63, 3.8) is 0 Å². The minimum atomic E-state index is -0.681. The molecule has 29 heavy (non-hydrogen) atoms. The molecular formula is C21H25N3O5. The quantitative estimate of drug-likeness (QED) is 0.413. The second-order valence-electron chi connectivity index (χ2n) is 7.32. The normalized spacial score (nSPS) is 21.8. The van der Waals surface area contributed by atoms with Gasteiger partial charge in [-0.2, -0.15) is 0 Å². The van der Waals surface area contributed by atoms with Crippen molar-refractivity contribution in [2.24, 2.45) is 10.9 Å². The van der Waals surface area contributed by atoms with E-state index in [1.807, 2.05) is 4.90 Å². The molecule has 0 spiro atoms. The second kappa shape index (κ2) is 8.55. The lowest BCUT2D eigenvalue weighted by Gasteiger charge is -2.34. The van der Waals surface area contributed by atoms with E-state index >= 15 is 0 Å². The Morgan fingerprint density at radius 3 is 2.59 bits per heavy atom. The number of hydrogen-bond donors (Lipinski definition) is 0. The zero-order chi connectivity index (χ0) is 21.1. The maximum Gasteiger partial charge on any atom is 0.338 e. The lowest BCUT2D eigenvalue weighted by atomic mass is 9.74. The molecule has 0 aromatic heterocycles. The number of ether oxygens (including phenoxy) is 1. The predicted octanol–water partition coefficient (Wildman–Crippen LogP) is 3.23. The van der Waals surface area contributed by atoms with Crippen molar-refractivity contribution in [1.29, 1.82) is 0 Å².